The summed E-state index contributed by atoms with van der Waals surface area (Å²) >= 11 is 1.86. The van der Waals surface area contributed by atoms with Crippen LogP contribution in [0.25, 0.3) is 0 Å². The third-order valence-corrected chi connectivity index (χ3v) is 3.25. The summed E-state index contributed by atoms with van der Waals surface area (Å²) in [6.07, 6.45) is 7.21. The van der Waals surface area contributed by atoms with Crippen molar-refractivity contribution in [3.05, 3.63) is 12.4 Å². The van der Waals surface area contributed by atoms with E-state index in [4.69, 9.17) is 5.11 Å². The molecule has 0 aliphatic carbocycles. The highest BCUT2D eigenvalue weighted by molar-refractivity contribution is 7.99. The number of rotatable bonds is 9. The van der Waals surface area contributed by atoms with E-state index in [1.54, 1.807) is 0 Å². The van der Waals surface area contributed by atoms with E-state index in [2.05, 4.69) is 10.4 Å². The van der Waals surface area contributed by atoms with Crippen molar-refractivity contribution in [1.29, 1.82) is 0 Å². The van der Waals surface area contributed by atoms with Crippen LogP contribution in [-0.2, 0) is 7.05 Å². The average molecular weight is 243 g/mol. The minimum Gasteiger partial charge on any atom is -0.396 e. The van der Waals surface area contributed by atoms with Gasteiger partial charge in [-0.15, -0.1) is 11.8 Å². The lowest BCUT2D eigenvalue weighted by Crippen LogP contribution is -2.17. The van der Waals surface area contributed by atoms with Gasteiger partial charge in [-0.05, 0) is 38.1 Å². The number of nitrogens with zero attached hydrogens (tertiary/aromatic N) is 2. The van der Waals surface area contributed by atoms with Gasteiger partial charge in [-0.2, -0.15) is 5.10 Å². The lowest BCUT2D eigenvalue weighted by molar-refractivity contribution is 0.286. The number of hydrogen-bond donors (Lipinski definition) is 2. The van der Waals surface area contributed by atoms with Crippen LogP contribution in [0, 0.1) is 0 Å². The Balaban J connectivity index is 1.88. The van der Waals surface area contributed by atoms with E-state index in [9.17, 15) is 0 Å². The normalized spacial score (nSPS) is 10.9. The monoisotopic (exact) mass is 243 g/mol. The maximum Gasteiger partial charge on any atom is 0.0625 e. The molecular weight excluding hydrogens is 222 g/mol. The second kappa shape index (κ2) is 8.61. The van der Waals surface area contributed by atoms with Crippen molar-refractivity contribution in [3.8, 4) is 0 Å². The first-order chi connectivity index (χ1) is 7.83. The zero-order chi connectivity index (χ0) is 11.6. The van der Waals surface area contributed by atoms with Crippen LogP contribution in [0.1, 0.15) is 19.3 Å². The molecule has 1 rings (SSSR count). The van der Waals surface area contributed by atoms with Gasteiger partial charge in [-0.25, -0.2) is 0 Å². The molecule has 0 bridgehead atoms. The van der Waals surface area contributed by atoms with Gasteiger partial charge in [0.25, 0.3) is 0 Å². The van der Waals surface area contributed by atoms with Crippen LogP contribution in [0.5, 0.6) is 0 Å². The fraction of sp³-hybridized carbons (Fsp3) is 0.727. The molecule has 0 unspecified atom stereocenters. The van der Waals surface area contributed by atoms with E-state index in [1.165, 1.54) is 17.7 Å². The van der Waals surface area contributed by atoms with E-state index >= 15 is 0 Å². The highest BCUT2D eigenvalue weighted by Crippen LogP contribution is 2.17. The number of unbranched alkanes of at least 4 members (excludes halogenated alkanes) is 1. The zero-order valence-corrected chi connectivity index (χ0v) is 10.7. The summed E-state index contributed by atoms with van der Waals surface area (Å²) in [4.78, 5) is 1.25. The SMILES string of the molecule is Cn1cc(SCCCCNCCCO)cn1. The number of thioether (sulfide) groups is 1. The van der Waals surface area contributed by atoms with Gasteiger partial charge in [0.05, 0.1) is 6.20 Å². The van der Waals surface area contributed by atoms with Crippen LogP contribution in [0.2, 0.25) is 0 Å². The van der Waals surface area contributed by atoms with Gasteiger partial charge in [-0.1, -0.05) is 0 Å². The van der Waals surface area contributed by atoms with Crippen LogP contribution in [0.4, 0.5) is 0 Å². The summed E-state index contributed by atoms with van der Waals surface area (Å²) in [5.41, 5.74) is 0. The molecule has 0 aliphatic rings. The number of hydrogen-bond acceptors (Lipinski definition) is 4. The van der Waals surface area contributed by atoms with E-state index in [0.717, 1.165) is 25.3 Å². The van der Waals surface area contributed by atoms with Crippen molar-refractivity contribution in [2.24, 2.45) is 7.05 Å². The average Bonchev–Trinajstić information content (AvgIpc) is 2.68. The van der Waals surface area contributed by atoms with Crippen molar-refractivity contribution >= 4 is 11.8 Å². The highest BCUT2D eigenvalue weighted by atomic mass is 32.2. The molecule has 92 valence electrons. The third kappa shape index (κ3) is 6.15. The van der Waals surface area contributed by atoms with Gasteiger partial charge in [0.1, 0.15) is 0 Å². The molecule has 0 radical (unpaired) electrons. The van der Waals surface area contributed by atoms with Crippen LogP contribution in [0.3, 0.4) is 0 Å². The molecule has 0 fully saturated rings. The van der Waals surface area contributed by atoms with Crippen molar-refractivity contribution in [3.63, 3.8) is 0 Å². The quantitative estimate of drug-likeness (QED) is 0.506. The maximum atomic E-state index is 8.58. The zero-order valence-electron chi connectivity index (χ0n) is 9.85. The van der Waals surface area contributed by atoms with Crippen LogP contribution in [0.15, 0.2) is 17.3 Å². The molecule has 1 heterocycles. The maximum absolute atomic E-state index is 8.58. The topological polar surface area (TPSA) is 50.1 Å². The number of aliphatic hydroxyl groups is 1. The molecule has 0 amide bonds. The molecule has 0 saturated heterocycles. The van der Waals surface area contributed by atoms with Gasteiger partial charge in [0.2, 0.25) is 0 Å². The Labute approximate surface area is 101 Å². The summed E-state index contributed by atoms with van der Waals surface area (Å²) in [5, 5.41) is 16.0. The minimum absolute atomic E-state index is 0.282. The first kappa shape index (κ1) is 13.5. The molecule has 16 heavy (non-hydrogen) atoms. The first-order valence-corrected chi connectivity index (χ1v) is 6.74. The molecule has 0 spiro atoms. The Hall–Kier alpha value is -0.520. The Morgan fingerprint density at radius 2 is 2.19 bits per heavy atom. The molecule has 0 aliphatic heterocycles. The predicted octanol–water partition coefficient (Wildman–Crippen LogP) is 1.26. The molecule has 0 saturated carbocycles. The standard InChI is InChI=1S/C11H21N3OS/c1-14-10-11(9-13-14)16-8-3-2-5-12-6-4-7-15/h9-10,12,15H,2-8H2,1H3. The highest BCUT2D eigenvalue weighted by Gasteiger charge is 1.96. The second-order valence-electron chi connectivity index (χ2n) is 3.73. The van der Waals surface area contributed by atoms with Gasteiger partial charge < -0.3 is 10.4 Å². The smallest absolute Gasteiger partial charge is 0.0625 e. The Morgan fingerprint density at radius 3 is 2.88 bits per heavy atom. The van der Waals surface area contributed by atoms with Gasteiger partial charge >= 0.3 is 0 Å². The fourth-order valence-corrected chi connectivity index (χ4v) is 2.28. The molecule has 0 aromatic carbocycles. The molecule has 2 N–H and O–H groups in total. The van der Waals surface area contributed by atoms with Crippen molar-refractivity contribution in [2.75, 3.05) is 25.4 Å². The Morgan fingerprint density at radius 1 is 1.38 bits per heavy atom. The second-order valence-corrected chi connectivity index (χ2v) is 4.90. The largest absolute Gasteiger partial charge is 0.396 e. The molecule has 1 aromatic rings. The third-order valence-electron chi connectivity index (χ3n) is 2.21. The van der Waals surface area contributed by atoms with E-state index in [0.29, 0.717) is 0 Å². The van der Waals surface area contributed by atoms with E-state index < -0.39 is 0 Å². The van der Waals surface area contributed by atoms with Crippen molar-refractivity contribution in [2.45, 2.75) is 24.2 Å². The van der Waals surface area contributed by atoms with Gasteiger partial charge in [-0.3, -0.25) is 4.68 Å². The van der Waals surface area contributed by atoms with Crippen LogP contribution >= 0.6 is 11.8 Å². The van der Waals surface area contributed by atoms with Crippen molar-refractivity contribution in [1.82, 2.24) is 15.1 Å². The number of aliphatic hydroxyl groups excluding tert-OH is 1. The number of nitrogens with one attached hydrogen (secondary N) is 1. The van der Waals surface area contributed by atoms with Gasteiger partial charge in [0, 0.05) is 24.7 Å². The van der Waals surface area contributed by atoms with Crippen LogP contribution < -0.4 is 5.32 Å². The number of aryl methyl sites for hydroxylation is 1. The summed E-state index contributed by atoms with van der Waals surface area (Å²) in [6.45, 7) is 2.25. The summed E-state index contributed by atoms with van der Waals surface area (Å²) in [6, 6.07) is 0. The molecule has 4 nitrogen and oxygen atoms in total. The van der Waals surface area contributed by atoms with Gasteiger partial charge in [0.15, 0.2) is 0 Å². The Kier molecular flexibility index (Phi) is 7.29. The van der Waals surface area contributed by atoms with Crippen molar-refractivity contribution < 1.29 is 5.11 Å². The first-order valence-electron chi connectivity index (χ1n) is 5.76. The molecular formula is C11H21N3OS. The predicted molar refractivity (Wildman–Crippen MR) is 67.7 cm³/mol. The minimum atomic E-state index is 0.282. The molecule has 1 aromatic heterocycles. The fourth-order valence-electron chi connectivity index (χ4n) is 1.34. The number of aromatic nitrogens is 2. The Bertz CT molecular complexity index is 278. The van der Waals surface area contributed by atoms with E-state index in [1.807, 2.05) is 35.9 Å². The summed E-state index contributed by atoms with van der Waals surface area (Å²) in [7, 11) is 1.94. The van der Waals surface area contributed by atoms with Crippen LogP contribution in [-0.4, -0.2) is 40.3 Å². The summed E-state index contributed by atoms with van der Waals surface area (Å²) in [5.74, 6) is 1.15. The molecule has 0 atom stereocenters. The summed E-state index contributed by atoms with van der Waals surface area (Å²) < 4.78 is 1.83. The van der Waals surface area contributed by atoms with E-state index in [-0.39, 0.29) is 6.61 Å². The molecule has 5 heteroatoms. The lowest BCUT2D eigenvalue weighted by atomic mass is 10.3. The lowest BCUT2D eigenvalue weighted by Gasteiger charge is -2.02.